The Morgan fingerprint density at radius 2 is 1.62 bits per heavy atom. The van der Waals surface area contributed by atoms with Gasteiger partial charge >= 0.3 is 11.9 Å². The average Bonchev–Trinajstić information content (AvgIpc) is 2.59. The summed E-state index contributed by atoms with van der Waals surface area (Å²) >= 11 is 0. The van der Waals surface area contributed by atoms with E-state index in [1.54, 1.807) is 18.2 Å². The molecular weight excluding hydrogens is 344 g/mol. The first-order valence-corrected chi connectivity index (χ1v) is 8.10. The monoisotopic (exact) mass is 366 g/mol. The number of carbonyl (C=O) groups is 3. The molecule has 0 saturated carbocycles. The van der Waals surface area contributed by atoms with E-state index in [2.05, 4.69) is 5.32 Å². The van der Waals surface area contributed by atoms with Gasteiger partial charge in [0.25, 0.3) is 0 Å². The van der Waals surface area contributed by atoms with Gasteiger partial charge in [-0.2, -0.15) is 0 Å². The minimum Gasteiger partial charge on any atom is -0.464 e. The van der Waals surface area contributed by atoms with Gasteiger partial charge in [0.2, 0.25) is 17.5 Å². The Labute approximate surface area is 150 Å². The van der Waals surface area contributed by atoms with Crippen LogP contribution < -0.4 is 5.32 Å². The van der Waals surface area contributed by atoms with Gasteiger partial charge in [-0.05, 0) is 13.8 Å². The number of rotatable bonds is 9. The summed E-state index contributed by atoms with van der Waals surface area (Å²) in [5.74, 6) is -2.92. The lowest BCUT2D eigenvalue weighted by Gasteiger charge is -2.30. The molecule has 0 radical (unpaired) electrons. The topological polar surface area (TPSA) is 125 Å². The zero-order chi connectivity index (χ0) is 19.7. The van der Waals surface area contributed by atoms with Crippen LogP contribution in [0.25, 0.3) is 0 Å². The van der Waals surface area contributed by atoms with Gasteiger partial charge in [0.05, 0.1) is 19.6 Å². The molecule has 1 unspecified atom stereocenters. The third-order valence-electron chi connectivity index (χ3n) is 3.58. The van der Waals surface area contributed by atoms with E-state index >= 15 is 0 Å². The highest BCUT2D eigenvalue weighted by molar-refractivity contribution is 6.07. The molecule has 1 atom stereocenters. The molecule has 26 heavy (non-hydrogen) atoms. The molecule has 0 aliphatic heterocycles. The normalized spacial score (nSPS) is 12.0. The molecule has 142 valence electrons. The standard InChI is InChI=1S/C17H22N2O7/c1-4-25-15(21)17(18-12(3)20,16(22)26-5-2)11-14(19(23)24)13-9-7-6-8-10-13/h6-10,14H,4-5,11H2,1-3H3,(H,18,20). The number of nitro groups is 1. The van der Waals surface area contributed by atoms with Crippen molar-refractivity contribution in [1.82, 2.24) is 5.32 Å². The van der Waals surface area contributed by atoms with Gasteiger partial charge in [-0.3, -0.25) is 14.9 Å². The molecule has 9 heteroatoms. The Kier molecular flexibility index (Phi) is 7.70. The van der Waals surface area contributed by atoms with Gasteiger partial charge in [0, 0.05) is 17.4 Å². The lowest BCUT2D eigenvalue weighted by molar-refractivity contribution is -0.531. The average molecular weight is 366 g/mol. The largest absolute Gasteiger partial charge is 0.464 e. The van der Waals surface area contributed by atoms with Crippen molar-refractivity contribution in [3.8, 4) is 0 Å². The van der Waals surface area contributed by atoms with Crippen molar-refractivity contribution < 1.29 is 28.8 Å². The summed E-state index contributed by atoms with van der Waals surface area (Å²) in [6.07, 6.45) is -0.638. The first-order valence-electron chi connectivity index (χ1n) is 8.10. The zero-order valence-corrected chi connectivity index (χ0v) is 14.9. The Morgan fingerprint density at radius 1 is 1.12 bits per heavy atom. The number of benzene rings is 1. The van der Waals surface area contributed by atoms with Crippen molar-refractivity contribution in [2.24, 2.45) is 0 Å². The molecule has 1 rings (SSSR count). The van der Waals surface area contributed by atoms with Crippen LogP contribution in [0.15, 0.2) is 30.3 Å². The summed E-state index contributed by atoms with van der Waals surface area (Å²) in [5.41, 5.74) is -2.04. The number of esters is 2. The third kappa shape index (κ3) is 5.01. The highest BCUT2D eigenvalue weighted by Crippen LogP contribution is 2.29. The van der Waals surface area contributed by atoms with E-state index in [9.17, 15) is 24.5 Å². The number of ether oxygens (including phenoxy) is 2. The number of nitrogens with zero attached hydrogens (tertiary/aromatic N) is 1. The van der Waals surface area contributed by atoms with Gasteiger partial charge in [0.1, 0.15) is 0 Å². The Bertz CT molecular complexity index is 642. The van der Waals surface area contributed by atoms with Gasteiger partial charge in [-0.25, -0.2) is 9.59 Å². The molecular formula is C17H22N2O7. The highest BCUT2D eigenvalue weighted by atomic mass is 16.6. The molecule has 0 aromatic heterocycles. The predicted octanol–water partition coefficient (Wildman–Crippen LogP) is 1.40. The van der Waals surface area contributed by atoms with E-state index in [4.69, 9.17) is 9.47 Å². The number of hydrogen-bond acceptors (Lipinski definition) is 7. The summed E-state index contributed by atoms with van der Waals surface area (Å²) < 4.78 is 9.83. The van der Waals surface area contributed by atoms with Crippen LogP contribution in [0.5, 0.6) is 0 Å². The molecule has 0 fully saturated rings. The molecule has 0 bridgehead atoms. The predicted molar refractivity (Wildman–Crippen MR) is 90.6 cm³/mol. The molecule has 9 nitrogen and oxygen atoms in total. The van der Waals surface area contributed by atoms with Gasteiger partial charge in [-0.1, -0.05) is 30.3 Å². The fraction of sp³-hybridized carbons (Fsp3) is 0.471. The maximum Gasteiger partial charge on any atom is 0.343 e. The van der Waals surface area contributed by atoms with Crippen molar-refractivity contribution in [2.45, 2.75) is 38.8 Å². The van der Waals surface area contributed by atoms with Crippen LogP contribution in [0.4, 0.5) is 0 Å². The van der Waals surface area contributed by atoms with Crippen LogP contribution in [0, 0.1) is 10.1 Å². The van der Waals surface area contributed by atoms with E-state index < -0.39 is 40.8 Å². The first kappa shape index (κ1) is 21.1. The molecule has 0 saturated heterocycles. The number of hydrogen-bond donors (Lipinski definition) is 1. The fourth-order valence-electron chi connectivity index (χ4n) is 2.49. The summed E-state index contributed by atoms with van der Waals surface area (Å²) in [4.78, 5) is 47.8. The lowest BCUT2D eigenvalue weighted by Crippen LogP contribution is -2.62. The van der Waals surface area contributed by atoms with Crippen molar-refractivity contribution >= 4 is 17.8 Å². The fourth-order valence-corrected chi connectivity index (χ4v) is 2.49. The van der Waals surface area contributed by atoms with E-state index in [1.165, 1.54) is 26.0 Å². The van der Waals surface area contributed by atoms with E-state index in [0.29, 0.717) is 0 Å². The van der Waals surface area contributed by atoms with Gasteiger partial charge < -0.3 is 14.8 Å². The number of nitrogens with one attached hydrogen (secondary N) is 1. The molecule has 0 spiro atoms. The molecule has 0 heterocycles. The van der Waals surface area contributed by atoms with Crippen LogP contribution in [-0.4, -0.2) is 41.5 Å². The molecule has 1 aromatic rings. The Hall–Kier alpha value is -2.97. The van der Waals surface area contributed by atoms with E-state index in [0.717, 1.165) is 6.92 Å². The Balaban J connectivity index is 3.43. The van der Waals surface area contributed by atoms with Crippen molar-refractivity contribution in [3.05, 3.63) is 46.0 Å². The Morgan fingerprint density at radius 3 is 2.00 bits per heavy atom. The first-order chi connectivity index (χ1) is 12.3. The molecule has 0 aliphatic carbocycles. The second-order valence-corrected chi connectivity index (χ2v) is 5.44. The lowest BCUT2D eigenvalue weighted by atomic mass is 9.87. The maximum absolute atomic E-state index is 12.5. The van der Waals surface area contributed by atoms with E-state index in [1.807, 2.05) is 0 Å². The van der Waals surface area contributed by atoms with Crippen molar-refractivity contribution in [2.75, 3.05) is 13.2 Å². The summed E-state index contributed by atoms with van der Waals surface area (Å²) in [7, 11) is 0. The summed E-state index contributed by atoms with van der Waals surface area (Å²) in [6, 6.07) is 6.45. The van der Waals surface area contributed by atoms with Crippen LogP contribution in [0.2, 0.25) is 0 Å². The number of carbonyl (C=O) groups excluding carboxylic acids is 3. The third-order valence-corrected chi connectivity index (χ3v) is 3.58. The second-order valence-electron chi connectivity index (χ2n) is 5.44. The van der Waals surface area contributed by atoms with Crippen molar-refractivity contribution in [1.29, 1.82) is 0 Å². The van der Waals surface area contributed by atoms with Gasteiger partial charge in [0.15, 0.2) is 0 Å². The molecule has 1 N–H and O–H groups in total. The van der Waals surface area contributed by atoms with Crippen LogP contribution in [-0.2, 0) is 23.9 Å². The SMILES string of the molecule is CCOC(=O)C(CC(c1ccccc1)[N+](=O)[O-])(NC(C)=O)C(=O)OCC. The van der Waals surface area contributed by atoms with Crippen LogP contribution in [0.1, 0.15) is 38.8 Å². The maximum atomic E-state index is 12.5. The minimum atomic E-state index is -2.31. The van der Waals surface area contributed by atoms with E-state index in [-0.39, 0.29) is 18.8 Å². The summed E-state index contributed by atoms with van der Waals surface area (Å²) in [5, 5.41) is 13.8. The van der Waals surface area contributed by atoms with Crippen molar-refractivity contribution in [3.63, 3.8) is 0 Å². The second kappa shape index (κ2) is 9.50. The molecule has 0 aliphatic rings. The van der Waals surface area contributed by atoms with Crippen LogP contribution in [0.3, 0.4) is 0 Å². The summed E-state index contributed by atoms with van der Waals surface area (Å²) in [6.45, 7) is 3.98. The number of amides is 1. The molecule has 1 amide bonds. The smallest absolute Gasteiger partial charge is 0.343 e. The molecule has 1 aromatic carbocycles. The minimum absolute atomic E-state index is 0.0754. The quantitative estimate of drug-likeness (QED) is 0.303. The van der Waals surface area contributed by atoms with Crippen LogP contribution >= 0.6 is 0 Å². The zero-order valence-electron chi connectivity index (χ0n) is 14.9. The van der Waals surface area contributed by atoms with Gasteiger partial charge in [-0.15, -0.1) is 0 Å². The highest BCUT2D eigenvalue weighted by Gasteiger charge is 2.54.